The number of nitrogens with one attached hydrogen (secondary N) is 1. The molecule has 0 fully saturated rings. The quantitative estimate of drug-likeness (QED) is 0.413. The van der Waals surface area contributed by atoms with Crippen molar-refractivity contribution in [3.8, 4) is 0 Å². The van der Waals surface area contributed by atoms with Crippen molar-refractivity contribution in [3.05, 3.63) is 79.9 Å². The van der Waals surface area contributed by atoms with Crippen LogP contribution in [0.5, 0.6) is 0 Å². The van der Waals surface area contributed by atoms with Gasteiger partial charge in [0.25, 0.3) is 0 Å². The summed E-state index contributed by atoms with van der Waals surface area (Å²) >= 11 is 5.87. The maximum absolute atomic E-state index is 12.8. The average Bonchev–Trinajstić information content (AvgIpc) is 3.19. The van der Waals surface area contributed by atoms with E-state index in [9.17, 15) is 19.5 Å². The Morgan fingerprint density at radius 1 is 1.06 bits per heavy atom. The predicted molar refractivity (Wildman–Crippen MR) is 129 cm³/mol. The highest BCUT2D eigenvalue weighted by Crippen LogP contribution is 2.35. The molecular weight excluding hydrogens is 470 g/mol. The van der Waals surface area contributed by atoms with Gasteiger partial charge >= 0.3 is 5.63 Å². The number of rotatable bonds is 6. The first-order valence-corrected chi connectivity index (χ1v) is 11.9. The van der Waals surface area contributed by atoms with Gasteiger partial charge in [0, 0.05) is 33.8 Å². The van der Waals surface area contributed by atoms with Crippen LogP contribution in [0.15, 0.2) is 50.0 Å². The second kappa shape index (κ2) is 9.23. The van der Waals surface area contributed by atoms with Crippen molar-refractivity contribution in [1.82, 2.24) is 5.32 Å². The van der Waals surface area contributed by atoms with Crippen LogP contribution in [0.3, 0.4) is 0 Å². The molecule has 4 aromatic rings. The molecule has 1 aliphatic rings. The van der Waals surface area contributed by atoms with Crippen LogP contribution in [0, 0.1) is 6.92 Å². The summed E-state index contributed by atoms with van der Waals surface area (Å²) in [5.41, 5.74) is 3.14. The molecule has 8 heteroatoms. The number of aryl methyl sites for hydroxylation is 3. The molecule has 1 N–H and O–H groups in total. The molecule has 35 heavy (non-hydrogen) atoms. The number of carboxylic acid groups (broad SMARTS) is 1. The van der Waals surface area contributed by atoms with Gasteiger partial charge < -0.3 is 24.1 Å². The van der Waals surface area contributed by atoms with Gasteiger partial charge in [0.1, 0.15) is 16.9 Å². The second-order valence-electron chi connectivity index (χ2n) is 9.00. The first-order chi connectivity index (χ1) is 16.8. The summed E-state index contributed by atoms with van der Waals surface area (Å²) in [6.07, 6.45) is 3.74. The van der Waals surface area contributed by atoms with Crippen molar-refractivity contribution in [2.24, 2.45) is 0 Å². The van der Waals surface area contributed by atoms with E-state index in [1.807, 2.05) is 6.07 Å². The first-order valence-electron chi connectivity index (χ1n) is 11.6. The van der Waals surface area contributed by atoms with Crippen LogP contribution in [0.2, 0.25) is 5.02 Å². The van der Waals surface area contributed by atoms with E-state index >= 15 is 0 Å². The molecular formula is C27H23ClNO6-. The third kappa shape index (κ3) is 4.56. The third-order valence-corrected chi connectivity index (χ3v) is 6.93. The molecule has 0 saturated carbocycles. The summed E-state index contributed by atoms with van der Waals surface area (Å²) in [5, 5.41) is 16.4. The fourth-order valence-corrected chi connectivity index (χ4v) is 4.93. The molecule has 1 atom stereocenters. The van der Waals surface area contributed by atoms with Crippen LogP contribution in [-0.4, -0.2) is 17.9 Å². The van der Waals surface area contributed by atoms with Crippen molar-refractivity contribution in [2.75, 3.05) is 0 Å². The number of carbonyl (C=O) groups excluding carboxylic acids is 2. The number of halogens is 1. The van der Waals surface area contributed by atoms with Crippen LogP contribution >= 0.6 is 11.6 Å². The summed E-state index contributed by atoms with van der Waals surface area (Å²) in [6.45, 7) is 1.77. The van der Waals surface area contributed by atoms with E-state index < -0.39 is 23.5 Å². The van der Waals surface area contributed by atoms with Crippen LogP contribution in [0.4, 0.5) is 0 Å². The highest BCUT2D eigenvalue weighted by atomic mass is 35.5. The molecule has 7 nitrogen and oxygen atoms in total. The molecule has 0 bridgehead atoms. The SMILES string of the molecule is Cc1c(CC(=O)N[C@H](Cc2ccc(Cl)cc2)C(=O)[O-])c(=O)oc2cc3oc4c(c3cc12)CCCC4. The number of carbonyl (C=O) groups is 2. The van der Waals surface area contributed by atoms with Gasteiger partial charge in [-0.15, -0.1) is 0 Å². The highest BCUT2D eigenvalue weighted by Gasteiger charge is 2.22. The molecule has 180 valence electrons. The van der Waals surface area contributed by atoms with Gasteiger partial charge in [-0.1, -0.05) is 23.7 Å². The zero-order chi connectivity index (χ0) is 24.7. The zero-order valence-electron chi connectivity index (χ0n) is 19.1. The number of fused-ring (bicyclic) bond motifs is 4. The lowest BCUT2D eigenvalue weighted by Crippen LogP contribution is -2.49. The van der Waals surface area contributed by atoms with Crippen LogP contribution in [0.25, 0.3) is 21.9 Å². The molecule has 0 spiro atoms. The van der Waals surface area contributed by atoms with Crippen LogP contribution < -0.4 is 16.0 Å². The lowest BCUT2D eigenvalue weighted by molar-refractivity contribution is -0.308. The van der Waals surface area contributed by atoms with E-state index in [2.05, 4.69) is 5.32 Å². The summed E-state index contributed by atoms with van der Waals surface area (Å²) < 4.78 is 11.5. The van der Waals surface area contributed by atoms with Crippen molar-refractivity contribution < 1.29 is 23.5 Å². The van der Waals surface area contributed by atoms with Gasteiger partial charge in [-0.25, -0.2) is 4.79 Å². The fourth-order valence-electron chi connectivity index (χ4n) is 4.80. The normalized spacial score (nSPS) is 14.1. The van der Waals surface area contributed by atoms with E-state index in [1.54, 1.807) is 37.3 Å². The number of furan rings is 1. The maximum atomic E-state index is 12.8. The van der Waals surface area contributed by atoms with E-state index in [-0.39, 0.29) is 18.4 Å². The third-order valence-electron chi connectivity index (χ3n) is 6.67. The largest absolute Gasteiger partial charge is 0.548 e. The number of benzene rings is 2. The summed E-state index contributed by atoms with van der Waals surface area (Å²) in [6, 6.07) is 9.09. The van der Waals surface area contributed by atoms with Gasteiger partial charge in [-0.2, -0.15) is 0 Å². The molecule has 0 radical (unpaired) electrons. The highest BCUT2D eigenvalue weighted by molar-refractivity contribution is 6.30. The van der Waals surface area contributed by atoms with E-state index in [0.29, 0.717) is 27.3 Å². The standard InChI is InChI=1S/C27H24ClNO6/c1-14-18-11-20-17-4-2-3-5-22(17)34-24(20)13-23(18)35-27(33)19(14)12-25(30)29-21(26(31)32)10-15-6-8-16(28)9-7-15/h6-9,11,13,21H,2-5,10,12H2,1H3,(H,29,30)(H,31,32)/p-1/t21-/m1/s1. The maximum Gasteiger partial charge on any atom is 0.340 e. The number of carboxylic acids is 1. The topological polar surface area (TPSA) is 113 Å². The van der Waals surface area contributed by atoms with E-state index in [0.717, 1.165) is 42.2 Å². The lowest BCUT2D eigenvalue weighted by atomic mass is 9.94. The van der Waals surface area contributed by atoms with Crippen molar-refractivity contribution >= 4 is 45.4 Å². The summed E-state index contributed by atoms with van der Waals surface area (Å²) in [7, 11) is 0. The molecule has 0 aliphatic heterocycles. The first kappa shape index (κ1) is 23.2. The molecule has 1 aliphatic carbocycles. The van der Waals surface area contributed by atoms with Gasteiger partial charge in [0.05, 0.1) is 24.0 Å². The van der Waals surface area contributed by atoms with Gasteiger partial charge in [-0.3, -0.25) is 4.79 Å². The Labute approximate surface area is 205 Å². The zero-order valence-corrected chi connectivity index (χ0v) is 19.9. The predicted octanol–water partition coefficient (Wildman–Crippen LogP) is 3.40. The van der Waals surface area contributed by atoms with E-state index in [4.69, 9.17) is 20.4 Å². The average molecular weight is 493 g/mol. The van der Waals surface area contributed by atoms with Crippen molar-refractivity contribution in [2.45, 2.75) is 51.5 Å². The molecule has 2 heterocycles. The minimum Gasteiger partial charge on any atom is -0.548 e. The Hall–Kier alpha value is -3.58. The number of aliphatic carboxylic acids is 1. The number of amides is 1. The molecule has 2 aromatic carbocycles. The molecule has 5 rings (SSSR count). The molecule has 2 aromatic heterocycles. The Morgan fingerprint density at radius 2 is 1.77 bits per heavy atom. The Morgan fingerprint density at radius 3 is 2.51 bits per heavy atom. The van der Waals surface area contributed by atoms with Crippen LogP contribution in [0.1, 0.15) is 40.9 Å². The summed E-state index contributed by atoms with van der Waals surface area (Å²) in [5.74, 6) is -1.04. The van der Waals surface area contributed by atoms with Gasteiger partial charge in [0.15, 0.2) is 0 Å². The number of hydrogen-bond donors (Lipinski definition) is 1. The fraction of sp³-hybridized carbons (Fsp3) is 0.296. The second-order valence-corrected chi connectivity index (χ2v) is 9.43. The Balaban J connectivity index is 1.42. The monoisotopic (exact) mass is 492 g/mol. The Bertz CT molecular complexity index is 1520. The van der Waals surface area contributed by atoms with Crippen LogP contribution in [-0.2, 0) is 35.3 Å². The van der Waals surface area contributed by atoms with E-state index in [1.165, 1.54) is 5.56 Å². The van der Waals surface area contributed by atoms with Gasteiger partial charge in [-0.05, 0) is 61.9 Å². The minimum atomic E-state index is -1.41. The van der Waals surface area contributed by atoms with Crippen molar-refractivity contribution in [1.29, 1.82) is 0 Å². The molecule has 1 amide bonds. The minimum absolute atomic E-state index is 0.0279. The smallest absolute Gasteiger partial charge is 0.340 e. The lowest BCUT2D eigenvalue weighted by Gasteiger charge is -2.20. The molecule has 0 unspecified atom stereocenters. The summed E-state index contributed by atoms with van der Waals surface area (Å²) in [4.78, 5) is 37.1. The van der Waals surface area contributed by atoms with Crippen molar-refractivity contribution in [3.63, 3.8) is 0 Å². The molecule has 0 saturated heterocycles. The number of hydrogen-bond acceptors (Lipinski definition) is 6. The Kier molecular flexibility index (Phi) is 6.11. The van der Waals surface area contributed by atoms with Gasteiger partial charge in [0.2, 0.25) is 5.91 Å².